The molecule has 1 aliphatic carbocycles. The summed E-state index contributed by atoms with van der Waals surface area (Å²) >= 11 is 0. The van der Waals surface area contributed by atoms with Gasteiger partial charge in [0.15, 0.2) is 0 Å². The summed E-state index contributed by atoms with van der Waals surface area (Å²) in [5.74, 6) is -1.31. The minimum Gasteiger partial charge on any atom is -0.386 e. The molecule has 1 heterocycles. The predicted molar refractivity (Wildman–Crippen MR) is 77.7 cm³/mol. The minimum atomic E-state index is -1.48. The van der Waals surface area contributed by atoms with Crippen LogP contribution in [-0.4, -0.2) is 27.5 Å². The number of halogens is 2. The lowest BCUT2D eigenvalue weighted by atomic mass is 10.1. The van der Waals surface area contributed by atoms with Crippen LogP contribution >= 0.6 is 0 Å². The Morgan fingerprint density at radius 2 is 2.00 bits per heavy atom. The number of benzene rings is 1. The number of rotatable bonds is 5. The first-order valence-electron chi connectivity index (χ1n) is 7.29. The highest BCUT2D eigenvalue weighted by atomic mass is 19.1. The summed E-state index contributed by atoms with van der Waals surface area (Å²) in [5.41, 5.74) is -0.294. The largest absolute Gasteiger partial charge is 0.386 e. The second-order valence-corrected chi connectivity index (χ2v) is 5.44. The van der Waals surface area contributed by atoms with E-state index in [0.717, 1.165) is 25.0 Å². The highest BCUT2D eigenvalue weighted by molar-refractivity contribution is 5.92. The number of hydrogen-bond acceptors (Lipinski definition) is 4. The van der Waals surface area contributed by atoms with Crippen LogP contribution in [0.25, 0.3) is 0 Å². The Morgan fingerprint density at radius 3 is 2.65 bits per heavy atom. The molecule has 0 radical (unpaired) electrons. The Hall–Kier alpha value is -2.41. The lowest BCUT2D eigenvalue weighted by molar-refractivity contribution is 0.0906. The molecule has 0 spiro atoms. The molecule has 0 bridgehead atoms. The molecule has 1 aliphatic rings. The zero-order valence-electron chi connectivity index (χ0n) is 12.2. The smallest absolute Gasteiger partial charge is 0.270 e. The van der Waals surface area contributed by atoms with Gasteiger partial charge in [-0.1, -0.05) is 6.07 Å². The summed E-state index contributed by atoms with van der Waals surface area (Å²) in [4.78, 5) is 20.3. The molecule has 23 heavy (non-hydrogen) atoms. The van der Waals surface area contributed by atoms with Crippen molar-refractivity contribution >= 4 is 5.91 Å². The average molecular weight is 319 g/mol. The van der Waals surface area contributed by atoms with E-state index < -0.39 is 29.2 Å². The van der Waals surface area contributed by atoms with Crippen LogP contribution < -0.4 is 5.32 Å². The Kier molecular flexibility index (Phi) is 4.29. The molecule has 1 saturated carbocycles. The topological polar surface area (TPSA) is 75.1 Å². The van der Waals surface area contributed by atoms with Crippen molar-refractivity contribution in [1.29, 1.82) is 0 Å². The fourth-order valence-corrected chi connectivity index (χ4v) is 2.25. The molecule has 0 saturated heterocycles. The van der Waals surface area contributed by atoms with E-state index in [1.54, 1.807) is 0 Å². The van der Waals surface area contributed by atoms with E-state index in [4.69, 9.17) is 0 Å². The number of nitrogens with one attached hydrogen (secondary N) is 1. The van der Waals surface area contributed by atoms with E-state index in [-0.39, 0.29) is 12.2 Å². The summed E-state index contributed by atoms with van der Waals surface area (Å²) in [6.07, 6.45) is 2.04. The van der Waals surface area contributed by atoms with Crippen LogP contribution in [0, 0.1) is 11.6 Å². The standard InChI is InChI=1S/C16H15F2N3O2/c17-10-2-1-3-11(18)14(10)13(22)8-20-16(23)12-6-7-19-15(21-12)9-4-5-9/h1-3,6-7,9,13,22H,4-5,8H2,(H,20,23). The second-order valence-electron chi connectivity index (χ2n) is 5.44. The van der Waals surface area contributed by atoms with Crippen molar-refractivity contribution in [3.63, 3.8) is 0 Å². The van der Waals surface area contributed by atoms with Crippen molar-refractivity contribution < 1.29 is 18.7 Å². The molecule has 1 amide bonds. The Bertz CT molecular complexity index is 715. The molecule has 1 aromatic heterocycles. The van der Waals surface area contributed by atoms with Gasteiger partial charge in [0.05, 0.1) is 5.56 Å². The third-order valence-corrected chi connectivity index (χ3v) is 3.64. The minimum absolute atomic E-state index is 0.170. The van der Waals surface area contributed by atoms with Gasteiger partial charge in [-0.2, -0.15) is 0 Å². The first kappa shape index (κ1) is 15.5. The Balaban J connectivity index is 1.65. The number of aromatic nitrogens is 2. The average Bonchev–Trinajstić information content (AvgIpc) is 3.37. The van der Waals surface area contributed by atoms with Crippen LogP contribution in [0.4, 0.5) is 8.78 Å². The number of amides is 1. The quantitative estimate of drug-likeness (QED) is 0.885. The highest BCUT2D eigenvalue weighted by Gasteiger charge is 2.27. The van der Waals surface area contributed by atoms with Gasteiger partial charge in [0.25, 0.3) is 5.91 Å². The highest BCUT2D eigenvalue weighted by Crippen LogP contribution is 2.37. The third-order valence-electron chi connectivity index (χ3n) is 3.64. The molecule has 3 rings (SSSR count). The maximum atomic E-state index is 13.6. The number of aliphatic hydroxyl groups is 1. The van der Waals surface area contributed by atoms with Crippen LogP contribution in [0.2, 0.25) is 0 Å². The number of carbonyl (C=O) groups excluding carboxylic acids is 1. The van der Waals surface area contributed by atoms with E-state index in [9.17, 15) is 18.7 Å². The lowest BCUT2D eigenvalue weighted by Crippen LogP contribution is -2.30. The van der Waals surface area contributed by atoms with Crippen molar-refractivity contribution in [1.82, 2.24) is 15.3 Å². The van der Waals surface area contributed by atoms with Gasteiger partial charge in [-0.15, -0.1) is 0 Å². The monoisotopic (exact) mass is 319 g/mol. The van der Waals surface area contributed by atoms with Crippen LogP contribution in [-0.2, 0) is 0 Å². The Morgan fingerprint density at radius 1 is 1.30 bits per heavy atom. The zero-order valence-corrected chi connectivity index (χ0v) is 12.2. The van der Waals surface area contributed by atoms with Crippen LogP contribution in [0.1, 0.15) is 46.7 Å². The van der Waals surface area contributed by atoms with Crippen LogP contribution in [0.15, 0.2) is 30.5 Å². The van der Waals surface area contributed by atoms with Crippen molar-refractivity contribution in [2.75, 3.05) is 6.54 Å². The molecule has 1 aromatic carbocycles. The van der Waals surface area contributed by atoms with Gasteiger partial charge in [-0.05, 0) is 31.0 Å². The van der Waals surface area contributed by atoms with Crippen LogP contribution in [0.5, 0.6) is 0 Å². The maximum absolute atomic E-state index is 13.6. The molecule has 1 unspecified atom stereocenters. The fourth-order valence-electron chi connectivity index (χ4n) is 2.25. The van der Waals surface area contributed by atoms with Gasteiger partial charge in [-0.3, -0.25) is 4.79 Å². The normalized spacial score (nSPS) is 15.3. The molecule has 120 valence electrons. The van der Waals surface area contributed by atoms with Gasteiger partial charge in [0, 0.05) is 18.7 Å². The predicted octanol–water partition coefficient (Wildman–Crippen LogP) is 2.10. The van der Waals surface area contributed by atoms with Gasteiger partial charge in [-0.25, -0.2) is 18.7 Å². The summed E-state index contributed by atoms with van der Waals surface area (Å²) in [6, 6.07) is 4.77. The molecule has 2 aromatic rings. The molecule has 5 nitrogen and oxygen atoms in total. The molecule has 2 N–H and O–H groups in total. The SMILES string of the molecule is O=C(NCC(O)c1c(F)cccc1F)c1ccnc(C2CC2)n1. The summed E-state index contributed by atoms with van der Waals surface area (Å²) in [5, 5.41) is 12.3. The number of aliphatic hydroxyl groups excluding tert-OH is 1. The van der Waals surface area contributed by atoms with E-state index in [1.807, 2.05) is 0 Å². The fraction of sp³-hybridized carbons (Fsp3) is 0.312. The first-order valence-corrected chi connectivity index (χ1v) is 7.29. The van der Waals surface area contributed by atoms with Crippen molar-refractivity contribution in [3.05, 3.63) is 59.2 Å². The van der Waals surface area contributed by atoms with Gasteiger partial charge in [0.1, 0.15) is 29.3 Å². The molecule has 0 aliphatic heterocycles. The second kappa shape index (κ2) is 6.37. The molecular formula is C16H15F2N3O2. The van der Waals surface area contributed by atoms with Gasteiger partial charge < -0.3 is 10.4 Å². The Labute approximate surface area is 131 Å². The lowest BCUT2D eigenvalue weighted by Gasteiger charge is -2.13. The van der Waals surface area contributed by atoms with Crippen LogP contribution in [0.3, 0.4) is 0 Å². The van der Waals surface area contributed by atoms with E-state index in [1.165, 1.54) is 18.3 Å². The summed E-state index contributed by atoms with van der Waals surface area (Å²) in [6.45, 7) is -0.320. The van der Waals surface area contributed by atoms with E-state index in [2.05, 4.69) is 15.3 Å². The molecule has 1 atom stereocenters. The van der Waals surface area contributed by atoms with E-state index >= 15 is 0 Å². The molecule has 1 fully saturated rings. The number of nitrogens with zero attached hydrogens (tertiary/aromatic N) is 2. The third kappa shape index (κ3) is 3.50. The van der Waals surface area contributed by atoms with Crippen molar-refractivity contribution in [3.8, 4) is 0 Å². The molecular weight excluding hydrogens is 304 g/mol. The van der Waals surface area contributed by atoms with Gasteiger partial charge in [0.2, 0.25) is 0 Å². The van der Waals surface area contributed by atoms with Gasteiger partial charge >= 0.3 is 0 Å². The van der Waals surface area contributed by atoms with Crippen molar-refractivity contribution in [2.24, 2.45) is 0 Å². The number of carbonyl (C=O) groups is 1. The maximum Gasteiger partial charge on any atom is 0.270 e. The summed E-state index contributed by atoms with van der Waals surface area (Å²) < 4.78 is 27.1. The first-order chi connectivity index (χ1) is 11.1. The zero-order chi connectivity index (χ0) is 16.4. The molecule has 7 heteroatoms. The summed E-state index contributed by atoms with van der Waals surface area (Å²) in [7, 11) is 0. The van der Waals surface area contributed by atoms with E-state index in [0.29, 0.717) is 11.7 Å². The number of hydrogen-bond donors (Lipinski definition) is 2. The van der Waals surface area contributed by atoms with Crippen molar-refractivity contribution in [2.45, 2.75) is 24.9 Å².